The fraction of sp³-hybridized carbons (Fsp3) is 0.696. The van der Waals surface area contributed by atoms with Crippen LogP contribution in [0.15, 0.2) is 23.1 Å². The van der Waals surface area contributed by atoms with Crippen LogP contribution in [0.25, 0.3) is 0 Å². The van der Waals surface area contributed by atoms with E-state index in [-0.39, 0.29) is 11.8 Å². The Bertz CT molecular complexity index is 821. The summed E-state index contributed by atoms with van der Waals surface area (Å²) in [6.45, 7) is 0.865. The Labute approximate surface area is 175 Å². The van der Waals surface area contributed by atoms with Crippen molar-refractivity contribution in [3.05, 3.63) is 29.3 Å². The second-order valence-corrected chi connectivity index (χ2v) is 11.0. The van der Waals surface area contributed by atoms with Gasteiger partial charge in [-0.25, -0.2) is 8.42 Å². The highest BCUT2D eigenvalue weighted by molar-refractivity contribution is 7.89. The lowest BCUT2D eigenvalue weighted by molar-refractivity contribution is -0.127. The molecule has 1 aliphatic heterocycles. The molecule has 2 fully saturated rings. The van der Waals surface area contributed by atoms with Crippen LogP contribution >= 0.6 is 0 Å². The highest BCUT2D eigenvalue weighted by Gasteiger charge is 2.33. The third-order valence-electron chi connectivity index (χ3n) is 6.98. The minimum atomic E-state index is -3.47. The maximum absolute atomic E-state index is 13.1. The van der Waals surface area contributed by atoms with E-state index >= 15 is 0 Å². The van der Waals surface area contributed by atoms with Crippen LogP contribution < -0.4 is 5.32 Å². The summed E-state index contributed by atoms with van der Waals surface area (Å²) in [7, 11) is -3.47. The monoisotopic (exact) mass is 418 g/mol. The standard InChI is InChI=1S/C23H34N2O3S/c26-23(24-21-9-4-2-1-3-5-10-21)19-13-15-25(16-14-19)29(27,28)22-12-11-18-7-6-8-20(18)17-22/h11-12,17,19,21H,1-10,13-16H2,(H,24,26). The quantitative estimate of drug-likeness (QED) is 0.809. The molecule has 1 saturated heterocycles. The summed E-state index contributed by atoms with van der Waals surface area (Å²) in [5.74, 6) is 0.0667. The Balaban J connectivity index is 1.33. The molecule has 1 N–H and O–H groups in total. The normalized spacial score (nSPS) is 22.6. The van der Waals surface area contributed by atoms with Crippen molar-refractivity contribution in [3.8, 4) is 0 Å². The molecule has 1 saturated carbocycles. The fourth-order valence-electron chi connectivity index (χ4n) is 5.14. The first-order chi connectivity index (χ1) is 14.0. The maximum atomic E-state index is 13.1. The third-order valence-corrected chi connectivity index (χ3v) is 8.88. The summed E-state index contributed by atoms with van der Waals surface area (Å²) < 4.78 is 27.7. The molecule has 1 aromatic carbocycles. The molecule has 0 aromatic heterocycles. The molecule has 2 aliphatic carbocycles. The first kappa shape index (κ1) is 20.9. The number of benzene rings is 1. The van der Waals surface area contributed by atoms with Gasteiger partial charge in [0.2, 0.25) is 15.9 Å². The molecular formula is C23H34N2O3S. The second-order valence-electron chi connectivity index (χ2n) is 9.01. The number of aryl methyl sites for hydroxylation is 2. The van der Waals surface area contributed by atoms with Gasteiger partial charge in [0.15, 0.2) is 0 Å². The molecule has 160 valence electrons. The summed E-state index contributed by atoms with van der Waals surface area (Å²) in [6, 6.07) is 5.90. The fourth-order valence-corrected chi connectivity index (χ4v) is 6.66. The van der Waals surface area contributed by atoms with Crippen LogP contribution in [-0.2, 0) is 27.7 Å². The molecule has 0 unspecified atom stereocenters. The molecule has 0 bridgehead atoms. The molecular weight excluding hydrogens is 384 g/mol. The maximum Gasteiger partial charge on any atom is 0.243 e. The van der Waals surface area contributed by atoms with Gasteiger partial charge in [-0.2, -0.15) is 4.31 Å². The van der Waals surface area contributed by atoms with Gasteiger partial charge in [0.25, 0.3) is 0 Å². The molecule has 6 heteroatoms. The van der Waals surface area contributed by atoms with E-state index in [9.17, 15) is 13.2 Å². The Kier molecular flexibility index (Phi) is 6.60. The number of nitrogens with zero attached hydrogens (tertiary/aromatic N) is 1. The van der Waals surface area contributed by atoms with Crippen LogP contribution in [-0.4, -0.2) is 37.8 Å². The lowest BCUT2D eigenvalue weighted by Gasteiger charge is -2.32. The number of rotatable bonds is 4. The summed E-state index contributed by atoms with van der Waals surface area (Å²) in [6.07, 6.45) is 12.8. The molecule has 0 radical (unpaired) electrons. The molecule has 0 atom stereocenters. The predicted octanol–water partition coefficient (Wildman–Crippen LogP) is 3.81. The summed E-state index contributed by atoms with van der Waals surface area (Å²) in [5.41, 5.74) is 2.47. The highest BCUT2D eigenvalue weighted by Crippen LogP contribution is 2.29. The van der Waals surface area contributed by atoms with Crippen LogP contribution in [0.4, 0.5) is 0 Å². The molecule has 1 heterocycles. The van der Waals surface area contributed by atoms with E-state index in [1.165, 1.54) is 43.2 Å². The number of hydrogen-bond donors (Lipinski definition) is 1. The predicted molar refractivity (Wildman–Crippen MR) is 114 cm³/mol. The SMILES string of the molecule is O=C(NC1CCCCCCC1)C1CCN(S(=O)(=O)c2ccc3c(c2)CCC3)CC1. The van der Waals surface area contributed by atoms with Gasteiger partial charge in [-0.3, -0.25) is 4.79 Å². The second kappa shape index (κ2) is 9.17. The third kappa shape index (κ3) is 4.85. The van der Waals surface area contributed by atoms with Crippen molar-refractivity contribution < 1.29 is 13.2 Å². The van der Waals surface area contributed by atoms with Gasteiger partial charge in [0.1, 0.15) is 0 Å². The lowest BCUT2D eigenvalue weighted by Crippen LogP contribution is -2.45. The highest BCUT2D eigenvalue weighted by atomic mass is 32.2. The van der Waals surface area contributed by atoms with Crippen molar-refractivity contribution in [3.63, 3.8) is 0 Å². The van der Waals surface area contributed by atoms with Gasteiger partial charge in [-0.15, -0.1) is 0 Å². The van der Waals surface area contributed by atoms with Crippen LogP contribution in [0.5, 0.6) is 0 Å². The van der Waals surface area contributed by atoms with Gasteiger partial charge in [0.05, 0.1) is 4.90 Å². The number of sulfonamides is 1. The zero-order valence-corrected chi connectivity index (χ0v) is 18.2. The number of fused-ring (bicyclic) bond motifs is 1. The van der Waals surface area contributed by atoms with E-state index in [2.05, 4.69) is 5.32 Å². The number of nitrogens with one attached hydrogen (secondary N) is 1. The van der Waals surface area contributed by atoms with Gasteiger partial charge in [-0.05, 0) is 68.2 Å². The van der Waals surface area contributed by atoms with Crippen LogP contribution in [0.2, 0.25) is 0 Å². The molecule has 4 rings (SSSR count). The number of amides is 1. The molecule has 3 aliphatic rings. The number of piperidine rings is 1. The molecule has 1 aromatic rings. The van der Waals surface area contributed by atoms with Crippen molar-refractivity contribution in [1.29, 1.82) is 0 Å². The smallest absolute Gasteiger partial charge is 0.243 e. The molecule has 5 nitrogen and oxygen atoms in total. The minimum absolute atomic E-state index is 0.0630. The number of hydrogen-bond acceptors (Lipinski definition) is 3. The van der Waals surface area contributed by atoms with Crippen LogP contribution in [0, 0.1) is 5.92 Å². The Morgan fingerprint density at radius 2 is 1.52 bits per heavy atom. The van der Waals surface area contributed by atoms with Crippen LogP contribution in [0.3, 0.4) is 0 Å². The molecule has 1 amide bonds. The Morgan fingerprint density at radius 3 is 2.24 bits per heavy atom. The first-order valence-corrected chi connectivity index (χ1v) is 12.9. The summed E-state index contributed by atoms with van der Waals surface area (Å²) >= 11 is 0. The molecule has 29 heavy (non-hydrogen) atoms. The topological polar surface area (TPSA) is 66.5 Å². The number of carbonyl (C=O) groups excluding carboxylic acids is 1. The zero-order chi connectivity index (χ0) is 20.3. The van der Waals surface area contributed by atoms with E-state index in [1.807, 2.05) is 12.1 Å². The zero-order valence-electron chi connectivity index (χ0n) is 17.4. The first-order valence-electron chi connectivity index (χ1n) is 11.5. The number of carbonyl (C=O) groups is 1. The van der Waals surface area contributed by atoms with Crippen molar-refractivity contribution in [2.75, 3.05) is 13.1 Å². The lowest BCUT2D eigenvalue weighted by atomic mass is 9.94. The summed E-state index contributed by atoms with van der Waals surface area (Å²) in [5, 5.41) is 3.26. The van der Waals surface area contributed by atoms with Gasteiger partial charge in [0, 0.05) is 25.0 Å². The Hall–Kier alpha value is -1.40. The molecule has 0 spiro atoms. The minimum Gasteiger partial charge on any atom is -0.353 e. The van der Waals surface area contributed by atoms with E-state index in [0.717, 1.165) is 32.1 Å². The largest absolute Gasteiger partial charge is 0.353 e. The van der Waals surface area contributed by atoms with Crippen molar-refractivity contribution in [1.82, 2.24) is 9.62 Å². The van der Waals surface area contributed by atoms with Crippen molar-refractivity contribution in [2.45, 2.75) is 88.0 Å². The van der Waals surface area contributed by atoms with Gasteiger partial charge < -0.3 is 5.32 Å². The average Bonchev–Trinajstić information content (AvgIpc) is 3.18. The average molecular weight is 419 g/mol. The van der Waals surface area contributed by atoms with Gasteiger partial charge >= 0.3 is 0 Å². The van der Waals surface area contributed by atoms with Crippen molar-refractivity contribution >= 4 is 15.9 Å². The van der Waals surface area contributed by atoms with Crippen LogP contribution in [0.1, 0.15) is 75.3 Å². The van der Waals surface area contributed by atoms with E-state index in [0.29, 0.717) is 36.9 Å². The van der Waals surface area contributed by atoms with Crippen molar-refractivity contribution in [2.24, 2.45) is 5.92 Å². The van der Waals surface area contributed by atoms with E-state index < -0.39 is 10.0 Å². The van der Waals surface area contributed by atoms with E-state index in [4.69, 9.17) is 0 Å². The Morgan fingerprint density at radius 1 is 0.862 bits per heavy atom. The van der Waals surface area contributed by atoms with Gasteiger partial charge in [-0.1, -0.05) is 38.2 Å². The summed E-state index contributed by atoms with van der Waals surface area (Å²) in [4.78, 5) is 13.2. The van der Waals surface area contributed by atoms with E-state index in [1.54, 1.807) is 10.4 Å².